The van der Waals surface area contributed by atoms with Crippen molar-refractivity contribution in [3.63, 3.8) is 0 Å². The molecule has 2 amide bonds. The highest BCUT2D eigenvalue weighted by atomic mass is 16.5. The summed E-state index contributed by atoms with van der Waals surface area (Å²) in [6.07, 6.45) is 3.86. The van der Waals surface area contributed by atoms with E-state index >= 15 is 0 Å². The molecule has 0 radical (unpaired) electrons. The first-order valence-corrected chi connectivity index (χ1v) is 14.7. The monoisotopic (exact) mass is 581 g/mol. The first-order chi connectivity index (χ1) is 20.1. The van der Waals surface area contributed by atoms with E-state index in [4.69, 9.17) is 16.2 Å². The maximum absolute atomic E-state index is 13.6. The number of nitrogen functional groups attached to an aromatic ring is 2. The molecule has 0 bridgehead atoms. The lowest BCUT2D eigenvalue weighted by molar-refractivity contribution is -0.129. The molecule has 0 aliphatic carbocycles. The first kappa shape index (κ1) is 34.0. The van der Waals surface area contributed by atoms with Crippen LogP contribution in [0.15, 0.2) is 48.5 Å². The molecule has 0 heterocycles. The van der Waals surface area contributed by atoms with Crippen molar-refractivity contribution in [3.8, 4) is 0 Å². The third-order valence-electron chi connectivity index (χ3n) is 6.92. The normalized spacial score (nSPS) is 12.9. The molecule has 0 aliphatic rings. The quantitative estimate of drug-likeness (QED) is 0.0665. The van der Waals surface area contributed by atoms with Crippen LogP contribution in [0.1, 0.15) is 99.3 Å². The van der Waals surface area contributed by atoms with Crippen molar-refractivity contribution >= 4 is 40.7 Å². The molecule has 0 fully saturated rings. The standard InChI is InChI=1S/C32H44N4O6/c1-4-7-8-14-21(6-3)42-32(41)27(20-29(38)23-16-10-12-18-25(23)34)36-31(40)26(35-30(39)13-5-2)19-28(37)22-15-9-11-17-24(22)33/h9-12,15-18,21,26-27H,4-8,13-14,19-20,33-34H2,1-3H3,(H,35,39)(H,36,40)/p+1. The van der Waals surface area contributed by atoms with E-state index in [-0.39, 0.29) is 47.9 Å². The summed E-state index contributed by atoms with van der Waals surface area (Å²) in [4.78, 5) is 63.4. The number of carbonyl (C=O) groups is 4. The van der Waals surface area contributed by atoms with Gasteiger partial charge in [0.25, 0.3) is 0 Å². The molecule has 0 saturated heterocycles. The van der Waals surface area contributed by atoms with Crippen molar-refractivity contribution < 1.29 is 28.7 Å². The van der Waals surface area contributed by atoms with Crippen LogP contribution in [0.25, 0.3) is 0 Å². The maximum Gasteiger partial charge on any atom is 0.506 e. The van der Waals surface area contributed by atoms with Crippen molar-refractivity contribution in [2.75, 3.05) is 11.5 Å². The molecule has 42 heavy (non-hydrogen) atoms. The van der Waals surface area contributed by atoms with Gasteiger partial charge in [0, 0.05) is 54.6 Å². The Labute approximate surface area is 247 Å². The summed E-state index contributed by atoms with van der Waals surface area (Å²) >= 11 is 0. The van der Waals surface area contributed by atoms with Crippen LogP contribution < -0.4 is 22.1 Å². The van der Waals surface area contributed by atoms with Crippen molar-refractivity contribution in [1.82, 2.24) is 10.6 Å². The fraction of sp³-hybridized carbons (Fsp3) is 0.469. The molecule has 228 valence electrons. The molecule has 7 N–H and O–H groups in total. The van der Waals surface area contributed by atoms with Gasteiger partial charge in [-0.15, -0.1) is 0 Å². The van der Waals surface area contributed by atoms with Crippen molar-refractivity contribution in [2.45, 2.75) is 96.7 Å². The smallest absolute Gasteiger partial charge is 0.398 e. The predicted molar refractivity (Wildman–Crippen MR) is 165 cm³/mol. The van der Waals surface area contributed by atoms with E-state index in [0.29, 0.717) is 19.3 Å². The van der Waals surface area contributed by atoms with Crippen LogP contribution in [0, 0.1) is 0 Å². The number of benzene rings is 2. The van der Waals surface area contributed by atoms with Crippen LogP contribution in [0.2, 0.25) is 0 Å². The average molecular weight is 582 g/mol. The van der Waals surface area contributed by atoms with Crippen LogP contribution in [-0.4, -0.2) is 52.3 Å². The second kappa shape index (κ2) is 17.6. The third kappa shape index (κ3) is 10.6. The molecule has 0 saturated carbocycles. The number of Topliss-reactive ketones (excluding diaryl/α,β-unsaturated/α-hetero) is 2. The average Bonchev–Trinajstić information content (AvgIpc) is 2.96. The zero-order valence-corrected chi connectivity index (χ0v) is 24.9. The fourth-order valence-corrected chi connectivity index (χ4v) is 4.49. The summed E-state index contributed by atoms with van der Waals surface area (Å²) in [5.41, 5.74) is 12.9. The molecule has 10 nitrogen and oxygen atoms in total. The summed E-state index contributed by atoms with van der Waals surface area (Å²) in [6.45, 7) is 5.83. The van der Waals surface area contributed by atoms with Crippen LogP contribution in [-0.2, 0) is 14.3 Å². The number of unbranched alkanes of at least 4 members (excludes halogenated alkanes) is 2. The molecule has 10 heteroatoms. The Morgan fingerprint density at radius 2 is 1.33 bits per heavy atom. The van der Waals surface area contributed by atoms with Gasteiger partial charge in [0.15, 0.2) is 23.7 Å². The molecular formula is C32H45N4O6+. The van der Waals surface area contributed by atoms with E-state index in [1.807, 2.05) is 13.8 Å². The van der Waals surface area contributed by atoms with E-state index < -0.39 is 41.4 Å². The zero-order chi connectivity index (χ0) is 31.1. The second-order valence-corrected chi connectivity index (χ2v) is 10.3. The summed E-state index contributed by atoms with van der Waals surface area (Å²) in [7, 11) is 0. The number of hydrogen-bond donors (Lipinski definition) is 4. The van der Waals surface area contributed by atoms with E-state index in [1.54, 1.807) is 48.5 Å². The Kier molecular flexibility index (Phi) is 14.2. The number of ketones is 2. The molecule has 0 spiro atoms. The second-order valence-electron chi connectivity index (χ2n) is 10.3. The van der Waals surface area contributed by atoms with Crippen molar-refractivity contribution in [1.29, 1.82) is 0 Å². The van der Waals surface area contributed by atoms with Gasteiger partial charge in [-0.2, -0.15) is 0 Å². The number of ether oxygens (including phenoxy) is 1. The number of anilines is 2. The Morgan fingerprint density at radius 3 is 1.83 bits per heavy atom. The lowest BCUT2D eigenvalue weighted by atomic mass is 9.99. The van der Waals surface area contributed by atoms with Crippen LogP contribution >= 0.6 is 0 Å². The Balaban J connectivity index is 2.32. The number of nitrogens with two attached hydrogens (primary N) is 2. The van der Waals surface area contributed by atoms with Crippen LogP contribution in [0.5, 0.6) is 0 Å². The minimum Gasteiger partial charge on any atom is -0.398 e. The number of rotatable bonds is 18. The third-order valence-corrected chi connectivity index (χ3v) is 6.92. The van der Waals surface area contributed by atoms with Crippen LogP contribution in [0.3, 0.4) is 0 Å². The molecule has 3 atom stereocenters. The Bertz CT molecular complexity index is 1230. The van der Waals surface area contributed by atoms with Gasteiger partial charge in [-0.25, -0.2) is 0 Å². The highest BCUT2D eigenvalue weighted by Gasteiger charge is 2.37. The number of esters is 1. The topological polar surface area (TPSA) is 175 Å². The lowest BCUT2D eigenvalue weighted by Crippen LogP contribution is -2.53. The highest BCUT2D eigenvalue weighted by molar-refractivity contribution is 6.05. The molecule has 0 aliphatic heterocycles. The van der Waals surface area contributed by atoms with Crippen LogP contribution in [0.4, 0.5) is 11.4 Å². The number of nitrogens with one attached hydrogen (secondary N) is 2. The predicted octanol–water partition coefficient (Wildman–Crippen LogP) is 4.34. The lowest BCUT2D eigenvalue weighted by Gasteiger charge is -2.21. The number of hydrogen-bond acceptors (Lipinski definition) is 7. The summed E-state index contributed by atoms with van der Waals surface area (Å²) in [6, 6.07) is 10.4. The van der Waals surface area contributed by atoms with Gasteiger partial charge in [-0.05, 0) is 37.1 Å². The number of carbonyl (C=O) groups excluding carboxylic acids is 5. The van der Waals surface area contributed by atoms with Gasteiger partial charge in [0.05, 0.1) is 0 Å². The van der Waals surface area contributed by atoms with Crippen molar-refractivity contribution in [3.05, 3.63) is 59.7 Å². The van der Waals surface area contributed by atoms with E-state index in [9.17, 15) is 24.0 Å². The fourth-order valence-electron chi connectivity index (χ4n) is 4.49. The maximum atomic E-state index is 13.6. The minimum atomic E-state index is -1.28. The summed E-state index contributed by atoms with van der Waals surface area (Å²) in [5, 5.41) is 5.26. The Morgan fingerprint density at radius 1 is 0.786 bits per heavy atom. The SMILES string of the molecule is CCCCCC(CC)OC(=[OH+])C(CC(=O)c1ccccc1N)NC(=O)C(CC(=O)c1ccccc1N)NC(=O)CCC. The van der Waals surface area contributed by atoms with E-state index in [1.165, 1.54) is 0 Å². The van der Waals surface area contributed by atoms with Gasteiger partial charge < -0.3 is 31.6 Å². The largest absolute Gasteiger partial charge is 0.506 e. The Hall–Kier alpha value is -4.21. The number of para-hydroxylation sites is 2. The van der Waals surface area contributed by atoms with Gasteiger partial charge in [0.2, 0.25) is 11.8 Å². The molecule has 2 aromatic rings. The highest BCUT2D eigenvalue weighted by Crippen LogP contribution is 2.18. The molecule has 0 aromatic heterocycles. The van der Waals surface area contributed by atoms with Crippen molar-refractivity contribution in [2.24, 2.45) is 0 Å². The van der Waals surface area contributed by atoms with Gasteiger partial charge in [-0.1, -0.05) is 57.9 Å². The molecule has 2 rings (SSSR count). The first-order valence-electron chi connectivity index (χ1n) is 14.7. The summed E-state index contributed by atoms with van der Waals surface area (Å²) in [5.74, 6) is -2.56. The zero-order valence-electron chi connectivity index (χ0n) is 24.9. The molecular weight excluding hydrogens is 536 g/mol. The van der Waals surface area contributed by atoms with Gasteiger partial charge >= 0.3 is 5.97 Å². The number of amides is 2. The molecule has 3 unspecified atom stereocenters. The van der Waals surface area contributed by atoms with Gasteiger partial charge in [-0.3, -0.25) is 19.2 Å². The molecule has 2 aromatic carbocycles. The van der Waals surface area contributed by atoms with Gasteiger partial charge in [0.1, 0.15) is 6.04 Å². The summed E-state index contributed by atoms with van der Waals surface area (Å²) < 4.78 is 5.84. The van der Waals surface area contributed by atoms with E-state index in [2.05, 4.69) is 17.6 Å². The van der Waals surface area contributed by atoms with E-state index in [0.717, 1.165) is 19.3 Å². The minimum absolute atomic E-state index is 0.150.